The SMILES string of the molecule is CCOc1ccccc1NC(=O)c1csc(-n2cccc2)n1. The molecule has 6 heteroatoms. The molecule has 2 aromatic heterocycles. The van der Waals surface area contributed by atoms with Gasteiger partial charge in [0.1, 0.15) is 11.4 Å². The minimum Gasteiger partial charge on any atom is -0.492 e. The molecule has 0 saturated heterocycles. The number of rotatable bonds is 5. The summed E-state index contributed by atoms with van der Waals surface area (Å²) in [5.41, 5.74) is 1.03. The number of hydrogen-bond acceptors (Lipinski definition) is 4. The van der Waals surface area contributed by atoms with E-state index in [1.165, 1.54) is 11.3 Å². The molecule has 3 rings (SSSR count). The van der Waals surface area contributed by atoms with Gasteiger partial charge in [-0.25, -0.2) is 4.98 Å². The standard InChI is InChI=1S/C16H15N3O2S/c1-2-21-14-8-4-3-7-12(14)17-15(20)13-11-22-16(18-13)19-9-5-6-10-19/h3-11H,2H2,1H3,(H,17,20). The zero-order chi connectivity index (χ0) is 15.4. The first-order valence-electron chi connectivity index (χ1n) is 6.90. The lowest BCUT2D eigenvalue weighted by Crippen LogP contribution is -2.13. The Balaban J connectivity index is 1.78. The lowest BCUT2D eigenvalue weighted by Gasteiger charge is -2.10. The third-order valence-electron chi connectivity index (χ3n) is 2.99. The van der Waals surface area contributed by atoms with Crippen molar-refractivity contribution >= 4 is 22.9 Å². The molecule has 0 spiro atoms. The summed E-state index contributed by atoms with van der Waals surface area (Å²) in [7, 11) is 0. The van der Waals surface area contributed by atoms with E-state index in [0.29, 0.717) is 23.7 Å². The Morgan fingerprint density at radius 2 is 2.05 bits per heavy atom. The van der Waals surface area contributed by atoms with Crippen LogP contribution in [0, 0.1) is 0 Å². The number of nitrogens with one attached hydrogen (secondary N) is 1. The van der Waals surface area contributed by atoms with Crippen LogP contribution in [0.1, 0.15) is 17.4 Å². The van der Waals surface area contributed by atoms with Crippen molar-refractivity contribution in [3.05, 3.63) is 59.9 Å². The van der Waals surface area contributed by atoms with Crippen molar-refractivity contribution in [2.45, 2.75) is 6.92 Å². The Kier molecular flexibility index (Phi) is 4.20. The average Bonchev–Trinajstić information content (AvgIpc) is 3.20. The Morgan fingerprint density at radius 3 is 2.82 bits per heavy atom. The Labute approximate surface area is 132 Å². The molecular formula is C16H15N3O2S. The van der Waals surface area contributed by atoms with E-state index < -0.39 is 0 Å². The van der Waals surface area contributed by atoms with Gasteiger partial charge in [-0.2, -0.15) is 0 Å². The van der Waals surface area contributed by atoms with Crippen molar-refractivity contribution < 1.29 is 9.53 Å². The summed E-state index contributed by atoms with van der Waals surface area (Å²) in [4.78, 5) is 16.7. The minimum atomic E-state index is -0.248. The van der Waals surface area contributed by atoms with Crippen LogP contribution in [-0.4, -0.2) is 22.1 Å². The topological polar surface area (TPSA) is 56.1 Å². The van der Waals surface area contributed by atoms with Gasteiger partial charge in [0.05, 0.1) is 12.3 Å². The summed E-state index contributed by atoms with van der Waals surface area (Å²) < 4.78 is 7.37. The first kappa shape index (κ1) is 14.3. The van der Waals surface area contributed by atoms with Gasteiger partial charge in [0.15, 0.2) is 5.13 Å². The summed E-state index contributed by atoms with van der Waals surface area (Å²) in [6, 6.07) is 11.2. The van der Waals surface area contributed by atoms with Crippen LogP contribution in [0.4, 0.5) is 5.69 Å². The van der Waals surface area contributed by atoms with Crippen LogP contribution >= 0.6 is 11.3 Å². The van der Waals surface area contributed by atoms with Crippen molar-refractivity contribution in [2.75, 3.05) is 11.9 Å². The molecule has 0 aliphatic heterocycles. The second kappa shape index (κ2) is 6.44. The van der Waals surface area contributed by atoms with Crippen molar-refractivity contribution in [3.8, 4) is 10.9 Å². The van der Waals surface area contributed by atoms with Crippen molar-refractivity contribution in [2.24, 2.45) is 0 Å². The number of benzene rings is 1. The van der Waals surface area contributed by atoms with E-state index in [1.807, 2.05) is 60.3 Å². The molecule has 0 atom stereocenters. The summed E-state index contributed by atoms with van der Waals surface area (Å²) in [5, 5.41) is 5.34. The zero-order valence-corrected chi connectivity index (χ0v) is 12.8. The highest BCUT2D eigenvalue weighted by Crippen LogP contribution is 2.24. The molecule has 3 aromatic rings. The van der Waals surface area contributed by atoms with Crippen LogP contribution in [-0.2, 0) is 0 Å². The molecule has 0 fully saturated rings. The number of anilines is 1. The van der Waals surface area contributed by atoms with E-state index in [9.17, 15) is 4.79 Å². The van der Waals surface area contributed by atoms with Gasteiger partial charge in [0.2, 0.25) is 0 Å². The maximum atomic E-state index is 12.3. The molecule has 22 heavy (non-hydrogen) atoms. The second-order valence-corrected chi connectivity index (χ2v) is 5.33. The summed E-state index contributed by atoms with van der Waals surface area (Å²) in [5.74, 6) is 0.404. The van der Waals surface area contributed by atoms with E-state index in [0.717, 1.165) is 5.13 Å². The lowest BCUT2D eigenvalue weighted by atomic mass is 10.3. The molecule has 0 saturated carbocycles. The zero-order valence-electron chi connectivity index (χ0n) is 12.0. The predicted molar refractivity (Wildman–Crippen MR) is 87.0 cm³/mol. The number of ether oxygens (including phenoxy) is 1. The van der Waals surface area contributed by atoms with Gasteiger partial charge >= 0.3 is 0 Å². The van der Waals surface area contributed by atoms with Crippen LogP contribution in [0.3, 0.4) is 0 Å². The number of carbonyl (C=O) groups excluding carboxylic acids is 1. The predicted octanol–water partition coefficient (Wildman–Crippen LogP) is 3.58. The van der Waals surface area contributed by atoms with Crippen molar-refractivity contribution in [3.63, 3.8) is 0 Å². The highest BCUT2D eigenvalue weighted by Gasteiger charge is 2.13. The Morgan fingerprint density at radius 1 is 1.27 bits per heavy atom. The molecule has 1 amide bonds. The van der Waals surface area contributed by atoms with Crippen LogP contribution in [0.5, 0.6) is 5.75 Å². The van der Waals surface area contributed by atoms with Gasteiger partial charge in [0.25, 0.3) is 5.91 Å². The Hall–Kier alpha value is -2.60. The smallest absolute Gasteiger partial charge is 0.275 e. The third-order valence-corrected chi connectivity index (χ3v) is 3.84. The number of carbonyl (C=O) groups is 1. The molecular weight excluding hydrogens is 298 g/mol. The fourth-order valence-corrected chi connectivity index (χ4v) is 2.76. The molecule has 0 radical (unpaired) electrons. The number of aromatic nitrogens is 2. The molecule has 1 N–H and O–H groups in total. The van der Waals surface area contributed by atoms with Crippen LogP contribution < -0.4 is 10.1 Å². The number of nitrogens with zero attached hydrogens (tertiary/aromatic N) is 2. The quantitative estimate of drug-likeness (QED) is 0.783. The van der Waals surface area contributed by atoms with Gasteiger partial charge in [-0.3, -0.25) is 4.79 Å². The van der Waals surface area contributed by atoms with E-state index >= 15 is 0 Å². The normalized spacial score (nSPS) is 10.4. The van der Waals surface area contributed by atoms with Gasteiger partial charge in [-0.15, -0.1) is 11.3 Å². The summed E-state index contributed by atoms with van der Waals surface area (Å²) >= 11 is 1.42. The van der Waals surface area contributed by atoms with E-state index in [-0.39, 0.29) is 5.91 Å². The van der Waals surface area contributed by atoms with E-state index in [1.54, 1.807) is 5.38 Å². The van der Waals surface area contributed by atoms with Crippen LogP contribution in [0.2, 0.25) is 0 Å². The molecule has 2 heterocycles. The van der Waals surface area contributed by atoms with Crippen molar-refractivity contribution in [1.82, 2.24) is 9.55 Å². The lowest BCUT2D eigenvalue weighted by molar-refractivity contribution is 0.102. The maximum absolute atomic E-state index is 12.3. The molecule has 0 aliphatic rings. The molecule has 0 unspecified atom stereocenters. The molecule has 0 aliphatic carbocycles. The van der Waals surface area contributed by atoms with Crippen LogP contribution in [0.15, 0.2) is 54.2 Å². The highest BCUT2D eigenvalue weighted by atomic mass is 32.1. The van der Waals surface area contributed by atoms with E-state index in [4.69, 9.17) is 4.74 Å². The summed E-state index contributed by atoms with van der Waals surface area (Å²) in [6.07, 6.45) is 3.79. The minimum absolute atomic E-state index is 0.248. The number of amides is 1. The van der Waals surface area contributed by atoms with Gasteiger partial charge < -0.3 is 14.6 Å². The van der Waals surface area contributed by atoms with Crippen LogP contribution in [0.25, 0.3) is 5.13 Å². The second-order valence-electron chi connectivity index (χ2n) is 4.49. The first-order valence-corrected chi connectivity index (χ1v) is 7.78. The van der Waals surface area contributed by atoms with E-state index in [2.05, 4.69) is 10.3 Å². The largest absolute Gasteiger partial charge is 0.492 e. The van der Waals surface area contributed by atoms with Crippen molar-refractivity contribution in [1.29, 1.82) is 0 Å². The maximum Gasteiger partial charge on any atom is 0.275 e. The monoisotopic (exact) mass is 313 g/mol. The third kappa shape index (κ3) is 3.01. The molecule has 1 aromatic carbocycles. The fourth-order valence-electron chi connectivity index (χ4n) is 1.99. The summed E-state index contributed by atoms with van der Waals surface area (Å²) in [6.45, 7) is 2.45. The highest BCUT2D eigenvalue weighted by molar-refractivity contribution is 7.12. The van der Waals surface area contributed by atoms with Gasteiger partial charge in [-0.1, -0.05) is 12.1 Å². The molecule has 112 valence electrons. The molecule has 5 nitrogen and oxygen atoms in total. The van der Waals surface area contributed by atoms with Gasteiger partial charge in [0, 0.05) is 17.8 Å². The first-order chi connectivity index (χ1) is 10.8. The number of para-hydroxylation sites is 2. The number of thiazole rings is 1. The fraction of sp³-hybridized carbons (Fsp3) is 0.125. The number of hydrogen-bond donors (Lipinski definition) is 1. The Bertz CT molecular complexity index is 765. The molecule has 0 bridgehead atoms. The van der Waals surface area contributed by atoms with Gasteiger partial charge in [-0.05, 0) is 31.2 Å². The average molecular weight is 313 g/mol.